The van der Waals surface area contributed by atoms with Crippen LogP contribution in [0.2, 0.25) is 0 Å². The number of piperidine rings is 1. The average Bonchev–Trinajstić information content (AvgIpc) is 3.23. The minimum absolute atomic E-state index is 0.709. The summed E-state index contributed by atoms with van der Waals surface area (Å²) >= 11 is 0. The van der Waals surface area contributed by atoms with E-state index in [4.69, 9.17) is 4.74 Å². The molecule has 2 aliphatic rings. The Kier molecular flexibility index (Phi) is 3.11. The van der Waals surface area contributed by atoms with E-state index in [-0.39, 0.29) is 0 Å². The van der Waals surface area contributed by atoms with Crippen molar-refractivity contribution < 1.29 is 4.74 Å². The van der Waals surface area contributed by atoms with Gasteiger partial charge in [-0.1, -0.05) is 0 Å². The topological polar surface area (TPSA) is 29.8 Å². The molecular formula is C16H21N3O. The molecule has 0 bridgehead atoms. The summed E-state index contributed by atoms with van der Waals surface area (Å²) in [4.78, 5) is 6.95. The monoisotopic (exact) mass is 271 g/mol. The van der Waals surface area contributed by atoms with E-state index < -0.39 is 0 Å². The molecule has 0 atom stereocenters. The van der Waals surface area contributed by atoms with Crippen molar-refractivity contribution in [2.75, 3.05) is 19.7 Å². The second kappa shape index (κ2) is 5.09. The lowest BCUT2D eigenvalue weighted by Crippen LogP contribution is -2.36. The van der Waals surface area contributed by atoms with E-state index in [2.05, 4.69) is 9.88 Å². The van der Waals surface area contributed by atoms with Crippen molar-refractivity contribution in [2.24, 2.45) is 5.92 Å². The Morgan fingerprint density at radius 2 is 2.00 bits per heavy atom. The number of fused-ring (bicyclic) bond motifs is 1. The minimum Gasteiger partial charge on any atom is -0.493 e. The van der Waals surface area contributed by atoms with Crippen molar-refractivity contribution in [1.29, 1.82) is 0 Å². The maximum atomic E-state index is 5.96. The molecule has 0 amide bonds. The molecule has 4 nitrogen and oxygen atoms in total. The molecule has 1 saturated carbocycles. The molecule has 0 aromatic carbocycles. The van der Waals surface area contributed by atoms with Gasteiger partial charge in [0.25, 0.3) is 0 Å². The molecule has 1 saturated heterocycles. The Hall–Kier alpha value is -1.55. The number of rotatable bonds is 4. The van der Waals surface area contributed by atoms with Crippen LogP contribution in [0, 0.1) is 5.92 Å². The molecule has 2 aromatic rings. The van der Waals surface area contributed by atoms with E-state index in [1.165, 1.54) is 38.8 Å². The van der Waals surface area contributed by atoms with Crippen LogP contribution < -0.4 is 4.74 Å². The molecule has 1 aliphatic carbocycles. The van der Waals surface area contributed by atoms with Crippen LogP contribution in [-0.4, -0.2) is 40.0 Å². The van der Waals surface area contributed by atoms with Crippen molar-refractivity contribution in [3.8, 4) is 5.75 Å². The van der Waals surface area contributed by atoms with E-state index >= 15 is 0 Å². The van der Waals surface area contributed by atoms with Gasteiger partial charge in [0, 0.05) is 30.7 Å². The van der Waals surface area contributed by atoms with Gasteiger partial charge in [0.15, 0.2) is 0 Å². The standard InChI is InChI=1S/C16H21N3O/c1-2-14(1)18-7-3-13(4-8-18)12-20-15-5-9-19-10-6-17-16(19)11-15/h5-6,9-11,13-14H,1-4,7-8,12H2. The summed E-state index contributed by atoms with van der Waals surface area (Å²) < 4.78 is 7.96. The molecule has 0 spiro atoms. The summed E-state index contributed by atoms with van der Waals surface area (Å²) in [7, 11) is 0. The molecular weight excluding hydrogens is 250 g/mol. The lowest BCUT2D eigenvalue weighted by molar-refractivity contribution is 0.136. The van der Waals surface area contributed by atoms with E-state index in [0.717, 1.165) is 24.0 Å². The van der Waals surface area contributed by atoms with E-state index in [9.17, 15) is 0 Å². The van der Waals surface area contributed by atoms with Crippen LogP contribution in [0.5, 0.6) is 5.75 Å². The molecule has 2 fully saturated rings. The second-order valence-electron chi connectivity index (χ2n) is 6.08. The van der Waals surface area contributed by atoms with Gasteiger partial charge in [-0.3, -0.25) is 0 Å². The summed E-state index contributed by atoms with van der Waals surface area (Å²) in [6, 6.07) is 4.95. The number of hydrogen-bond acceptors (Lipinski definition) is 3. The van der Waals surface area contributed by atoms with Crippen LogP contribution >= 0.6 is 0 Å². The van der Waals surface area contributed by atoms with Crippen molar-refractivity contribution in [3.63, 3.8) is 0 Å². The number of hydrogen-bond donors (Lipinski definition) is 0. The zero-order valence-electron chi connectivity index (χ0n) is 11.7. The molecule has 4 rings (SSSR count). The molecule has 0 unspecified atom stereocenters. The zero-order chi connectivity index (χ0) is 13.4. The quantitative estimate of drug-likeness (QED) is 0.856. The van der Waals surface area contributed by atoms with Crippen molar-refractivity contribution in [1.82, 2.24) is 14.3 Å². The maximum Gasteiger partial charge on any atom is 0.140 e. The van der Waals surface area contributed by atoms with Crippen molar-refractivity contribution >= 4 is 5.65 Å². The highest BCUT2D eigenvalue weighted by Crippen LogP contribution is 2.31. The normalized spacial score (nSPS) is 21.4. The van der Waals surface area contributed by atoms with Gasteiger partial charge in [0.05, 0.1) is 6.61 Å². The summed E-state index contributed by atoms with van der Waals surface area (Å²) in [6.07, 6.45) is 11.2. The fourth-order valence-electron chi connectivity index (χ4n) is 3.12. The lowest BCUT2D eigenvalue weighted by Gasteiger charge is -2.31. The van der Waals surface area contributed by atoms with Gasteiger partial charge in [-0.15, -0.1) is 0 Å². The van der Waals surface area contributed by atoms with Gasteiger partial charge in [-0.2, -0.15) is 0 Å². The number of likely N-dealkylation sites (tertiary alicyclic amines) is 1. The molecule has 3 heterocycles. The van der Waals surface area contributed by atoms with Crippen LogP contribution in [-0.2, 0) is 0 Å². The Bertz CT molecular complexity index is 582. The largest absolute Gasteiger partial charge is 0.493 e. The first-order chi connectivity index (χ1) is 9.88. The number of nitrogens with zero attached hydrogens (tertiary/aromatic N) is 3. The van der Waals surface area contributed by atoms with E-state index in [1.807, 2.05) is 35.1 Å². The molecule has 0 N–H and O–H groups in total. The summed E-state index contributed by atoms with van der Waals surface area (Å²) in [5.41, 5.74) is 0.950. The third-order valence-electron chi connectivity index (χ3n) is 4.57. The number of imidazole rings is 1. The SMILES string of the molecule is c1cn2ccc(OCC3CCN(C4CC4)CC3)cc2n1. The van der Waals surface area contributed by atoms with Crippen LogP contribution in [0.25, 0.3) is 5.65 Å². The predicted octanol–water partition coefficient (Wildman–Crippen LogP) is 2.59. The fraction of sp³-hybridized carbons (Fsp3) is 0.562. The number of ether oxygens (including phenoxy) is 1. The predicted molar refractivity (Wildman–Crippen MR) is 78.0 cm³/mol. The van der Waals surface area contributed by atoms with Crippen LogP contribution in [0.15, 0.2) is 30.7 Å². The highest BCUT2D eigenvalue weighted by atomic mass is 16.5. The van der Waals surface area contributed by atoms with Gasteiger partial charge in [0.1, 0.15) is 11.4 Å². The van der Waals surface area contributed by atoms with Crippen molar-refractivity contribution in [2.45, 2.75) is 31.7 Å². The molecule has 1 aliphatic heterocycles. The molecule has 106 valence electrons. The molecule has 2 aromatic heterocycles. The number of aromatic nitrogens is 2. The van der Waals surface area contributed by atoms with Gasteiger partial charge in [-0.25, -0.2) is 4.98 Å². The van der Waals surface area contributed by atoms with Gasteiger partial charge >= 0.3 is 0 Å². The van der Waals surface area contributed by atoms with Gasteiger partial charge < -0.3 is 14.0 Å². The smallest absolute Gasteiger partial charge is 0.140 e. The lowest BCUT2D eigenvalue weighted by atomic mass is 9.98. The summed E-state index contributed by atoms with van der Waals surface area (Å²) in [6.45, 7) is 3.37. The average molecular weight is 271 g/mol. The van der Waals surface area contributed by atoms with E-state index in [0.29, 0.717) is 5.92 Å². The summed E-state index contributed by atoms with van der Waals surface area (Å²) in [5.74, 6) is 1.65. The zero-order valence-corrected chi connectivity index (χ0v) is 11.7. The minimum atomic E-state index is 0.709. The van der Waals surface area contributed by atoms with Crippen LogP contribution in [0.4, 0.5) is 0 Å². The second-order valence-corrected chi connectivity index (χ2v) is 6.08. The maximum absolute atomic E-state index is 5.96. The Morgan fingerprint density at radius 1 is 1.15 bits per heavy atom. The highest BCUT2D eigenvalue weighted by molar-refractivity contribution is 5.43. The van der Waals surface area contributed by atoms with Gasteiger partial charge in [0.2, 0.25) is 0 Å². The molecule has 20 heavy (non-hydrogen) atoms. The highest BCUT2D eigenvalue weighted by Gasteiger charge is 2.31. The Balaban J connectivity index is 1.31. The third kappa shape index (κ3) is 2.52. The van der Waals surface area contributed by atoms with E-state index in [1.54, 1.807) is 0 Å². The molecule has 4 heteroatoms. The summed E-state index contributed by atoms with van der Waals surface area (Å²) in [5, 5.41) is 0. The first kappa shape index (κ1) is 12.2. The van der Waals surface area contributed by atoms with Crippen LogP contribution in [0.3, 0.4) is 0 Å². The van der Waals surface area contributed by atoms with Crippen molar-refractivity contribution in [3.05, 3.63) is 30.7 Å². The first-order valence-electron chi connectivity index (χ1n) is 7.68. The Labute approximate surface area is 119 Å². The Morgan fingerprint density at radius 3 is 2.80 bits per heavy atom. The fourth-order valence-corrected chi connectivity index (χ4v) is 3.12. The third-order valence-corrected chi connectivity index (χ3v) is 4.57. The van der Waals surface area contributed by atoms with Gasteiger partial charge in [-0.05, 0) is 50.8 Å². The van der Waals surface area contributed by atoms with Crippen LogP contribution in [0.1, 0.15) is 25.7 Å². The first-order valence-corrected chi connectivity index (χ1v) is 7.68. The molecule has 0 radical (unpaired) electrons. The number of pyridine rings is 1.